The second kappa shape index (κ2) is 11.8. The van der Waals surface area contributed by atoms with Gasteiger partial charge in [-0.25, -0.2) is 5.01 Å². The van der Waals surface area contributed by atoms with Gasteiger partial charge in [0, 0.05) is 6.42 Å². The number of nitrogens with zero attached hydrogens (tertiary/aromatic N) is 1. The van der Waals surface area contributed by atoms with Crippen LogP contribution in [0.25, 0.3) is 6.08 Å². The van der Waals surface area contributed by atoms with Crippen molar-refractivity contribution < 1.29 is 23.8 Å². The third kappa shape index (κ3) is 6.07. The molecule has 1 heterocycles. The Labute approximate surface area is 218 Å². The molecular weight excluding hydrogens is 524 g/mol. The zero-order valence-corrected chi connectivity index (χ0v) is 21.7. The van der Waals surface area contributed by atoms with Crippen molar-refractivity contribution in [2.45, 2.75) is 20.3 Å². The van der Waals surface area contributed by atoms with Crippen LogP contribution in [-0.2, 0) is 9.59 Å². The number of hydrazine groups is 1. The molecule has 1 aliphatic heterocycles. The molecule has 7 nitrogen and oxygen atoms in total. The lowest BCUT2D eigenvalue weighted by Gasteiger charge is -2.15. The minimum absolute atomic E-state index is 0.0372. The fourth-order valence-corrected chi connectivity index (χ4v) is 4.19. The molecule has 0 saturated carbocycles. The quantitative estimate of drug-likeness (QED) is 0.206. The number of rotatable bonds is 10. The van der Waals surface area contributed by atoms with E-state index in [9.17, 15) is 9.59 Å². The monoisotopic (exact) mass is 550 g/mol. The Hall–Kier alpha value is -3.78. The van der Waals surface area contributed by atoms with Gasteiger partial charge in [-0.1, -0.05) is 35.9 Å². The van der Waals surface area contributed by atoms with Crippen LogP contribution in [0.5, 0.6) is 17.2 Å². The number of aryl methyl sites for hydroxylation is 1. The number of halogens is 1. The molecule has 1 aliphatic rings. The van der Waals surface area contributed by atoms with E-state index in [4.69, 9.17) is 14.2 Å². The van der Waals surface area contributed by atoms with Gasteiger partial charge < -0.3 is 14.2 Å². The maximum Gasteiger partial charge on any atom is 0.282 e. The zero-order valence-electron chi connectivity index (χ0n) is 20.1. The van der Waals surface area contributed by atoms with Crippen molar-refractivity contribution in [3.8, 4) is 17.2 Å². The number of anilines is 1. The van der Waals surface area contributed by atoms with Gasteiger partial charge in [0.05, 0.1) is 30.0 Å². The van der Waals surface area contributed by atoms with Gasteiger partial charge >= 0.3 is 0 Å². The molecule has 2 amide bonds. The Kier molecular flexibility index (Phi) is 8.28. The van der Waals surface area contributed by atoms with Crippen molar-refractivity contribution in [1.82, 2.24) is 5.43 Å². The van der Waals surface area contributed by atoms with Crippen LogP contribution >= 0.6 is 15.9 Å². The fraction of sp³-hybridized carbons (Fsp3) is 0.214. The highest BCUT2D eigenvalue weighted by molar-refractivity contribution is 9.10. The summed E-state index contributed by atoms with van der Waals surface area (Å²) in [4.78, 5) is 25.4. The maximum atomic E-state index is 12.9. The highest BCUT2D eigenvalue weighted by Crippen LogP contribution is 2.38. The Morgan fingerprint density at radius 1 is 0.944 bits per heavy atom. The van der Waals surface area contributed by atoms with Crippen molar-refractivity contribution in [1.29, 1.82) is 0 Å². The molecule has 3 aromatic rings. The molecule has 1 saturated heterocycles. The summed E-state index contributed by atoms with van der Waals surface area (Å²) in [5.74, 6) is 1.01. The standard InChI is InChI=1S/C28H27BrN2O5/c1-3-34-25-18-20(16-23-27(32)30-31(28(23)33)21-8-5-4-6-9-21)17-24(29)26(25)36-15-7-14-35-22-12-10-19(2)11-13-22/h4-6,8-13,16-18H,3,7,14-15H2,1-2H3,(H,30,32). The van der Waals surface area contributed by atoms with E-state index in [1.54, 1.807) is 42.5 Å². The average Bonchev–Trinajstić information content (AvgIpc) is 3.15. The van der Waals surface area contributed by atoms with E-state index < -0.39 is 11.8 Å². The first-order valence-corrected chi connectivity index (χ1v) is 12.5. The number of benzene rings is 3. The lowest BCUT2D eigenvalue weighted by atomic mass is 10.1. The van der Waals surface area contributed by atoms with Crippen molar-refractivity contribution in [3.05, 3.63) is 87.9 Å². The van der Waals surface area contributed by atoms with Gasteiger partial charge in [0.15, 0.2) is 11.5 Å². The largest absolute Gasteiger partial charge is 0.493 e. The smallest absolute Gasteiger partial charge is 0.282 e. The molecule has 0 bridgehead atoms. The Morgan fingerprint density at radius 3 is 2.39 bits per heavy atom. The van der Waals surface area contributed by atoms with Crippen LogP contribution in [0.2, 0.25) is 0 Å². The molecular formula is C28H27BrN2O5. The molecule has 36 heavy (non-hydrogen) atoms. The molecule has 0 spiro atoms. The van der Waals surface area contributed by atoms with Crippen molar-refractivity contribution in [3.63, 3.8) is 0 Å². The number of nitrogens with one attached hydrogen (secondary N) is 1. The van der Waals surface area contributed by atoms with Crippen molar-refractivity contribution >= 4 is 39.5 Å². The Morgan fingerprint density at radius 2 is 1.67 bits per heavy atom. The lowest BCUT2D eigenvalue weighted by Crippen LogP contribution is -2.35. The molecule has 186 valence electrons. The number of ether oxygens (including phenoxy) is 3. The van der Waals surface area contributed by atoms with Gasteiger partial charge in [0.25, 0.3) is 11.8 Å². The van der Waals surface area contributed by atoms with Crippen LogP contribution < -0.4 is 24.6 Å². The van der Waals surface area contributed by atoms with Gasteiger partial charge in [0.2, 0.25) is 0 Å². The summed E-state index contributed by atoms with van der Waals surface area (Å²) >= 11 is 3.55. The molecule has 0 unspecified atom stereocenters. The molecule has 0 aliphatic carbocycles. The van der Waals surface area contributed by atoms with Gasteiger partial charge in [-0.2, -0.15) is 0 Å². The van der Waals surface area contributed by atoms with Gasteiger partial charge in [-0.05, 0) is 77.8 Å². The maximum absolute atomic E-state index is 12.9. The first kappa shape index (κ1) is 25.3. The predicted octanol–water partition coefficient (Wildman–Crippen LogP) is 5.47. The van der Waals surface area contributed by atoms with Crippen LogP contribution in [0.15, 0.2) is 76.8 Å². The van der Waals surface area contributed by atoms with E-state index in [0.29, 0.717) is 53.5 Å². The van der Waals surface area contributed by atoms with Gasteiger partial charge in [-0.15, -0.1) is 0 Å². The second-order valence-corrected chi connectivity index (χ2v) is 8.96. The van der Waals surface area contributed by atoms with E-state index in [1.807, 2.05) is 44.2 Å². The van der Waals surface area contributed by atoms with Crippen LogP contribution in [0.3, 0.4) is 0 Å². The molecule has 1 fully saturated rings. The summed E-state index contributed by atoms with van der Waals surface area (Å²) in [6, 6.07) is 20.4. The SMILES string of the molecule is CCOc1cc(C=C2C(=O)NN(c3ccccc3)C2=O)cc(Br)c1OCCCOc1ccc(C)cc1. The number of hydrogen-bond donors (Lipinski definition) is 1. The zero-order chi connectivity index (χ0) is 25.5. The Bertz CT molecular complexity index is 1260. The van der Waals surface area contributed by atoms with Crippen LogP contribution in [0.4, 0.5) is 5.69 Å². The molecule has 0 aromatic heterocycles. The fourth-order valence-electron chi connectivity index (χ4n) is 3.61. The molecule has 8 heteroatoms. The van der Waals surface area contributed by atoms with Crippen molar-refractivity contribution in [2.24, 2.45) is 0 Å². The minimum atomic E-state index is -0.466. The second-order valence-electron chi connectivity index (χ2n) is 8.10. The highest BCUT2D eigenvalue weighted by atomic mass is 79.9. The van der Waals surface area contributed by atoms with E-state index in [0.717, 1.165) is 5.75 Å². The van der Waals surface area contributed by atoms with E-state index in [-0.39, 0.29) is 5.57 Å². The number of carbonyl (C=O) groups is 2. The van der Waals surface area contributed by atoms with E-state index in [2.05, 4.69) is 21.4 Å². The number of carbonyl (C=O) groups excluding carboxylic acids is 2. The molecule has 0 atom stereocenters. The molecule has 4 rings (SSSR count). The molecule has 1 N–H and O–H groups in total. The topological polar surface area (TPSA) is 77.1 Å². The van der Waals surface area contributed by atoms with Crippen LogP contribution in [0.1, 0.15) is 24.5 Å². The first-order chi connectivity index (χ1) is 17.5. The number of hydrogen-bond acceptors (Lipinski definition) is 5. The van der Waals surface area contributed by atoms with E-state index in [1.165, 1.54) is 10.6 Å². The summed E-state index contributed by atoms with van der Waals surface area (Å²) < 4.78 is 18.2. The summed E-state index contributed by atoms with van der Waals surface area (Å²) in [6.07, 6.45) is 2.23. The Balaban J connectivity index is 1.44. The third-order valence-electron chi connectivity index (χ3n) is 5.37. The van der Waals surface area contributed by atoms with Gasteiger partial charge in [-0.3, -0.25) is 15.0 Å². The van der Waals surface area contributed by atoms with Crippen LogP contribution in [-0.4, -0.2) is 31.6 Å². The van der Waals surface area contributed by atoms with Crippen molar-refractivity contribution in [2.75, 3.05) is 24.8 Å². The highest BCUT2D eigenvalue weighted by Gasteiger charge is 2.34. The first-order valence-electron chi connectivity index (χ1n) is 11.7. The normalized spacial score (nSPS) is 14.2. The molecule has 0 radical (unpaired) electrons. The number of amides is 2. The molecule has 3 aromatic carbocycles. The van der Waals surface area contributed by atoms with Gasteiger partial charge in [0.1, 0.15) is 11.3 Å². The summed E-state index contributed by atoms with van der Waals surface area (Å²) in [6.45, 7) is 5.29. The number of para-hydroxylation sites is 1. The lowest BCUT2D eigenvalue weighted by molar-refractivity contribution is -0.117. The minimum Gasteiger partial charge on any atom is -0.493 e. The van der Waals surface area contributed by atoms with E-state index >= 15 is 0 Å². The average molecular weight is 551 g/mol. The summed E-state index contributed by atoms with van der Waals surface area (Å²) in [5, 5.41) is 1.24. The summed E-state index contributed by atoms with van der Waals surface area (Å²) in [7, 11) is 0. The van der Waals surface area contributed by atoms with Crippen LogP contribution in [0, 0.1) is 6.92 Å². The third-order valence-corrected chi connectivity index (χ3v) is 5.96. The summed E-state index contributed by atoms with van der Waals surface area (Å²) in [5.41, 5.74) is 5.05. The predicted molar refractivity (Wildman–Crippen MR) is 142 cm³/mol.